The summed E-state index contributed by atoms with van der Waals surface area (Å²) >= 11 is 0. The zero-order chi connectivity index (χ0) is 21.6. The van der Waals surface area contributed by atoms with Crippen LogP contribution in [-0.4, -0.2) is 79.2 Å². The standard InChI is InChI=1S/C20H26N6O4/c1-11-12(2)26-16-17(24(3)20(28)23-18(16)27)22-19(26)25(11)9-8-21-14-10-13(29-4)6-7-15(14)30-5/h6-7,10,16-17,21H,8-9H2,1-5H3,(H,23,27,28). The molecule has 0 aromatic heterocycles. The van der Waals surface area contributed by atoms with E-state index in [-0.39, 0.29) is 5.91 Å². The van der Waals surface area contributed by atoms with Crippen LogP contribution in [-0.2, 0) is 4.79 Å². The molecule has 3 heterocycles. The van der Waals surface area contributed by atoms with Crippen molar-refractivity contribution < 1.29 is 19.1 Å². The fourth-order valence-electron chi connectivity index (χ4n) is 4.05. The van der Waals surface area contributed by atoms with Gasteiger partial charge in [0.05, 0.1) is 19.9 Å². The van der Waals surface area contributed by atoms with Gasteiger partial charge in [-0.15, -0.1) is 0 Å². The maximum Gasteiger partial charge on any atom is 0.325 e. The Hall–Kier alpha value is -3.43. The second-order valence-corrected chi connectivity index (χ2v) is 7.38. The van der Waals surface area contributed by atoms with E-state index in [1.165, 1.54) is 4.90 Å². The molecule has 1 aromatic carbocycles. The molecule has 3 aliphatic heterocycles. The van der Waals surface area contributed by atoms with Crippen molar-refractivity contribution in [2.45, 2.75) is 26.1 Å². The highest BCUT2D eigenvalue weighted by atomic mass is 16.5. The monoisotopic (exact) mass is 414 g/mol. The van der Waals surface area contributed by atoms with Gasteiger partial charge in [-0.25, -0.2) is 9.79 Å². The molecule has 10 nitrogen and oxygen atoms in total. The van der Waals surface area contributed by atoms with E-state index in [1.54, 1.807) is 21.3 Å². The summed E-state index contributed by atoms with van der Waals surface area (Å²) in [6.07, 6.45) is -0.529. The minimum atomic E-state index is -0.547. The van der Waals surface area contributed by atoms with Crippen LogP contribution >= 0.6 is 0 Å². The number of amides is 3. The summed E-state index contributed by atoms with van der Waals surface area (Å²) in [5, 5.41) is 5.79. The number of ether oxygens (including phenoxy) is 2. The molecule has 0 saturated carbocycles. The summed E-state index contributed by atoms with van der Waals surface area (Å²) in [4.78, 5) is 34.7. The third kappa shape index (κ3) is 2.99. The van der Waals surface area contributed by atoms with Gasteiger partial charge in [0.25, 0.3) is 5.91 Å². The first-order valence-electron chi connectivity index (χ1n) is 9.73. The third-order valence-electron chi connectivity index (χ3n) is 5.83. The molecule has 4 rings (SSSR count). The second-order valence-electron chi connectivity index (χ2n) is 7.38. The minimum Gasteiger partial charge on any atom is -0.497 e. The number of guanidine groups is 1. The number of aliphatic imine (C=N–C) groups is 1. The molecule has 30 heavy (non-hydrogen) atoms. The maximum atomic E-state index is 12.5. The van der Waals surface area contributed by atoms with E-state index in [2.05, 4.69) is 15.5 Å². The van der Waals surface area contributed by atoms with Gasteiger partial charge in [-0.05, 0) is 26.0 Å². The number of allylic oxidation sites excluding steroid dienone is 2. The number of imide groups is 1. The number of rotatable bonds is 6. The molecule has 3 aliphatic rings. The van der Waals surface area contributed by atoms with Crippen molar-refractivity contribution in [1.82, 2.24) is 20.0 Å². The topological polar surface area (TPSA) is 98.7 Å². The number of nitrogens with one attached hydrogen (secondary N) is 2. The lowest BCUT2D eigenvalue weighted by molar-refractivity contribution is -0.126. The van der Waals surface area contributed by atoms with Crippen LogP contribution in [0.3, 0.4) is 0 Å². The molecule has 0 spiro atoms. The van der Waals surface area contributed by atoms with Crippen molar-refractivity contribution in [2.75, 3.05) is 39.7 Å². The summed E-state index contributed by atoms with van der Waals surface area (Å²) in [5.74, 6) is 1.83. The summed E-state index contributed by atoms with van der Waals surface area (Å²) < 4.78 is 10.7. The number of carbonyl (C=O) groups excluding carboxylic acids is 2. The largest absolute Gasteiger partial charge is 0.497 e. The highest BCUT2D eigenvalue weighted by Gasteiger charge is 2.52. The average Bonchev–Trinajstić information content (AvgIpc) is 3.23. The number of anilines is 1. The van der Waals surface area contributed by atoms with Crippen LogP contribution in [0.4, 0.5) is 10.5 Å². The second kappa shape index (κ2) is 7.43. The number of nitrogens with zero attached hydrogens (tertiary/aromatic N) is 4. The van der Waals surface area contributed by atoms with Gasteiger partial charge in [0.15, 0.2) is 12.2 Å². The number of hydrogen-bond acceptors (Lipinski definition) is 8. The van der Waals surface area contributed by atoms with Gasteiger partial charge >= 0.3 is 6.03 Å². The first-order chi connectivity index (χ1) is 14.4. The number of carbonyl (C=O) groups is 2. The molecule has 0 bridgehead atoms. The molecule has 3 amide bonds. The summed E-state index contributed by atoms with van der Waals surface area (Å²) in [6, 6.07) is 4.61. The fourth-order valence-corrected chi connectivity index (χ4v) is 4.05. The van der Waals surface area contributed by atoms with E-state index in [1.807, 2.05) is 36.9 Å². The smallest absolute Gasteiger partial charge is 0.325 e. The Balaban J connectivity index is 1.52. The predicted molar refractivity (Wildman–Crippen MR) is 111 cm³/mol. The minimum absolute atomic E-state index is 0.324. The number of benzene rings is 1. The molecule has 10 heteroatoms. The zero-order valence-corrected chi connectivity index (χ0v) is 17.7. The number of hydrogen-bond donors (Lipinski definition) is 2. The molecule has 0 aliphatic carbocycles. The van der Waals surface area contributed by atoms with Crippen molar-refractivity contribution in [1.29, 1.82) is 0 Å². The van der Waals surface area contributed by atoms with Crippen LogP contribution in [0, 0.1) is 0 Å². The van der Waals surface area contributed by atoms with Gasteiger partial charge in [0.2, 0.25) is 5.96 Å². The quantitative estimate of drug-likeness (QED) is 0.722. The highest BCUT2D eigenvalue weighted by molar-refractivity contribution is 6.05. The number of urea groups is 1. The molecular formula is C20H26N6O4. The summed E-state index contributed by atoms with van der Waals surface area (Å²) in [6.45, 7) is 5.21. The van der Waals surface area contributed by atoms with Gasteiger partial charge in [-0.1, -0.05) is 0 Å². The lowest BCUT2D eigenvalue weighted by atomic mass is 10.1. The SMILES string of the molecule is COc1ccc(OC)c(NCCN2C3=NC4C(C(=O)NC(=O)N4C)N3C(C)=C2C)c1. The van der Waals surface area contributed by atoms with Crippen LogP contribution in [0.25, 0.3) is 0 Å². The molecule has 2 atom stereocenters. The van der Waals surface area contributed by atoms with E-state index in [0.717, 1.165) is 28.6 Å². The molecule has 2 N–H and O–H groups in total. The van der Waals surface area contributed by atoms with E-state index in [0.29, 0.717) is 19.0 Å². The van der Waals surface area contributed by atoms with Gasteiger partial charge < -0.3 is 24.6 Å². The first-order valence-corrected chi connectivity index (χ1v) is 9.73. The Labute approximate surface area is 175 Å². The van der Waals surface area contributed by atoms with Crippen LogP contribution in [0.1, 0.15) is 13.8 Å². The lowest BCUT2D eigenvalue weighted by Gasteiger charge is -2.35. The summed E-state index contributed by atoms with van der Waals surface area (Å²) in [5.41, 5.74) is 2.81. The maximum absolute atomic E-state index is 12.5. The van der Waals surface area contributed by atoms with Crippen LogP contribution in [0.15, 0.2) is 34.6 Å². The van der Waals surface area contributed by atoms with Gasteiger partial charge in [0.1, 0.15) is 11.5 Å². The van der Waals surface area contributed by atoms with Crippen molar-refractivity contribution in [3.63, 3.8) is 0 Å². The van der Waals surface area contributed by atoms with E-state index >= 15 is 0 Å². The fraction of sp³-hybridized carbons (Fsp3) is 0.450. The average molecular weight is 414 g/mol. The van der Waals surface area contributed by atoms with Crippen molar-refractivity contribution in [2.24, 2.45) is 4.99 Å². The molecular weight excluding hydrogens is 388 g/mol. The number of likely N-dealkylation sites (N-methyl/N-ethyl adjacent to an activating group) is 1. The Kier molecular flexibility index (Phi) is 4.92. The van der Waals surface area contributed by atoms with Gasteiger partial charge in [-0.2, -0.15) is 0 Å². The van der Waals surface area contributed by atoms with E-state index < -0.39 is 18.2 Å². The Morgan fingerprint density at radius 1 is 1.17 bits per heavy atom. The Morgan fingerprint density at radius 3 is 2.63 bits per heavy atom. The Morgan fingerprint density at radius 2 is 1.93 bits per heavy atom. The molecule has 160 valence electrons. The third-order valence-corrected chi connectivity index (χ3v) is 5.83. The molecule has 1 fully saturated rings. The van der Waals surface area contributed by atoms with Crippen molar-refractivity contribution >= 4 is 23.6 Å². The predicted octanol–water partition coefficient (Wildman–Crippen LogP) is 1.23. The zero-order valence-electron chi connectivity index (χ0n) is 17.7. The van der Waals surface area contributed by atoms with Crippen molar-refractivity contribution in [3.05, 3.63) is 29.6 Å². The molecule has 2 unspecified atom stereocenters. The van der Waals surface area contributed by atoms with E-state index in [4.69, 9.17) is 14.5 Å². The normalized spacial score (nSPS) is 22.7. The first kappa shape index (κ1) is 19.9. The lowest BCUT2D eigenvalue weighted by Crippen LogP contribution is -2.63. The molecule has 0 radical (unpaired) electrons. The van der Waals surface area contributed by atoms with Crippen LogP contribution in [0.5, 0.6) is 11.5 Å². The summed E-state index contributed by atoms with van der Waals surface area (Å²) in [7, 11) is 4.90. The van der Waals surface area contributed by atoms with E-state index in [9.17, 15) is 9.59 Å². The van der Waals surface area contributed by atoms with Crippen molar-refractivity contribution in [3.8, 4) is 11.5 Å². The number of methoxy groups -OCH3 is 2. The van der Waals surface area contributed by atoms with Gasteiger partial charge in [0, 0.05) is 37.6 Å². The van der Waals surface area contributed by atoms with Crippen LogP contribution in [0.2, 0.25) is 0 Å². The Bertz CT molecular complexity index is 959. The molecule has 1 aromatic rings. The van der Waals surface area contributed by atoms with Crippen LogP contribution < -0.4 is 20.1 Å². The molecule has 1 saturated heterocycles. The highest BCUT2D eigenvalue weighted by Crippen LogP contribution is 2.36. The van der Waals surface area contributed by atoms with Gasteiger partial charge in [-0.3, -0.25) is 15.0 Å². The number of fused-ring (bicyclic) bond motifs is 3.